The molecule has 0 aliphatic heterocycles. The molecule has 3 aromatic rings. The van der Waals surface area contributed by atoms with Crippen LogP contribution in [0.15, 0.2) is 42.7 Å². The molecule has 0 unspecified atom stereocenters. The fraction of sp³-hybridized carbons (Fsp3) is 0.348. The summed E-state index contributed by atoms with van der Waals surface area (Å²) >= 11 is 0. The molecule has 0 saturated heterocycles. The minimum absolute atomic E-state index is 0.683. The predicted octanol–water partition coefficient (Wildman–Crippen LogP) is 5.05. The number of ether oxygens (including phenoxy) is 4. The standard InChI is InChI=1S/C23H28N2O4/c1-6-7-10-25-15-24-22(17-11-18(26-2)14-19(12-17)27-3)23(25)16-8-9-20(28-4)21(13-16)29-5/h8-9,11-15H,6-7,10H2,1-5H3. The van der Waals surface area contributed by atoms with Crippen LogP contribution in [-0.4, -0.2) is 38.0 Å². The highest BCUT2D eigenvalue weighted by Crippen LogP contribution is 2.38. The first-order chi connectivity index (χ1) is 14.1. The number of aryl methyl sites for hydroxylation is 1. The predicted molar refractivity (Wildman–Crippen MR) is 114 cm³/mol. The summed E-state index contributed by atoms with van der Waals surface area (Å²) in [4.78, 5) is 4.74. The quantitative estimate of drug-likeness (QED) is 0.506. The molecule has 0 aliphatic rings. The number of aromatic nitrogens is 2. The van der Waals surface area contributed by atoms with E-state index >= 15 is 0 Å². The lowest BCUT2D eigenvalue weighted by molar-refractivity contribution is 0.355. The SMILES string of the molecule is CCCCn1cnc(-c2cc(OC)cc(OC)c2)c1-c1ccc(OC)c(OC)c1. The fourth-order valence-electron chi connectivity index (χ4n) is 3.32. The molecule has 1 aromatic heterocycles. The molecule has 154 valence electrons. The Labute approximate surface area is 172 Å². The van der Waals surface area contributed by atoms with Crippen molar-refractivity contribution in [3.63, 3.8) is 0 Å². The molecule has 0 aliphatic carbocycles. The van der Waals surface area contributed by atoms with Crippen LogP contribution in [0.5, 0.6) is 23.0 Å². The van der Waals surface area contributed by atoms with Crippen LogP contribution in [-0.2, 0) is 6.54 Å². The van der Waals surface area contributed by atoms with E-state index in [0.717, 1.165) is 53.4 Å². The Bertz CT molecular complexity index is 943. The summed E-state index contributed by atoms with van der Waals surface area (Å²) in [7, 11) is 6.57. The van der Waals surface area contributed by atoms with Crippen molar-refractivity contribution >= 4 is 0 Å². The summed E-state index contributed by atoms with van der Waals surface area (Å²) in [5, 5.41) is 0. The van der Waals surface area contributed by atoms with Gasteiger partial charge in [-0.1, -0.05) is 13.3 Å². The third kappa shape index (κ3) is 4.31. The molecule has 6 nitrogen and oxygen atoms in total. The van der Waals surface area contributed by atoms with E-state index in [1.165, 1.54) is 0 Å². The van der Waals surface area contributed by atoms with Crippen LogP contribution in [0.3, 0.4) is 0 Å². The zero-order valence-electron chi connectivity index (χ0n) is 17.7. The molecule has 0 spiro atoms. The molecule has 0 N–H and O–H groups in total. The van der Waals surface area contributed by atoms with Crippen LogP contribution in [0.1, 0.15) is 19.8 Å². The lowest BCUT2D eigenvalue weighted by Gasteiger charge is -2.14. The maximum atomic E-state index is 5.52. The second-order valence-electron chi connectivity index (χ2n) is 6.66. The molecule has 0 bridgehead atoms. The van der Waals surface area contributed by atoms with E-state index in [-0.39, 0.29) is 0 Å². The minimum atomic E-state index is 0.683. The van der Waals surface area contributed by atoms with Crippen molar-refractivity contribution in [2.24, 2.45) is 0 Å². The first-order valence-electron chi connectivity index (χ1n) is 9.66. The van der Waals surface area contributed by atoms with Gasteiger partial charge in [0, 0.05) is 23.7 Å². The first-order valence-corrected chi connectivity index (χ1v) is 9.66. The Balaban J connectivity index is 2.19. The summed E-state index contributed by atoms with van der Waals surface area (Å²) in [6, 6.07) is 11.7. The molecule has 0 saturated carbocycles. The summed E-state index contributed by atoms with van der Waals surface area (Å²) in [6.45, 7) is 3.06. The van der Waals surface area contributed by atoms with Crippen LogP contribution >= 0.6 is 0 Å². The zero-order chi connectivity index (χ0) is 20.8. The Hall–Kier alpha value is -3.15. The van der Waals surface area contributed by atoms with Crippen LogP contribution in [0.4, 0.5) is 0 Å². The van der Waals surface area contributed by atoms with Gasteiger partial charge in [-0.05, 0) is 36.8 Å². The number of benzene rings is 2. The van der Waals surface area contributed by atoms with Crippen molar-refractivity contribution in [3.05, 3.63) is 42.7 Å². The molecular formula is C23H28N2O4. The summed E-state index contributed by atoms with van der Waals surface area (Å²) in [5.41, 5.74) is 3.83. The topological polar surface area (TPSA) is 54.7 Å². The van der Waals surface area contributed by atoms with Crippen LogP contribution in [0.25, 0.3) is 22.5 Å². The van der Waals surface area contributed by atoms with E-state index in [1.54, 1.807) is 28.4 Å². The van der Waals surface area contributed by atoms with Gasteiger partial charge in [-0.3, -0.25) is 0 Å². The van der Waals surface area contributed by atoms with Gasteiger partial charge in [0.2, 0.25) is 0 Å². The van der Waals surface area contributed by atoms with Crippen molar-refractivity contribution in [2.45, 2.75) is 26.3 Å². The average Bonchev–Trinajstić information content (AvgIpc) is 3.20. The molecule has 2 aromatic carbocycles. The van der Waals surface area contributed by atoms with Crippen molar-refractivity contribution in [1.82, 2.24) is 9.55 Å². The lowest BCUT2D eigenvalue weighted by Crippen LogP contribution is -2.00. The van der Waals surface area contributed by atoms with Gasteiger partial charge in [-0.15, -0.1) is 0 Å². The normalized spacial score (nSPS) is 10.7. The third-order valence-electron chi connectivity index (χ3n) is 4.87. The molecular weight excluding hydrogens is 368 g/mol. The van der Waals surface area contributed by atoms with E-state index in [4.69, 9.17) is 23.9 Å². The monoisotopic (exact) mass is 396 g/mol. The van der Waals surface area contributed by atoms with Gasteiger partial charge in [0.1, 0.15) is 11.5 Å². The van der Waals surface area contributed by atoms with Crippen LogP contribution in [0.2, 0.25) is 0 Å². The smallest absolute Gasteiger partial charge is 0.161 e. The number of imidazole rings is 1. The molecule has 0 fully saturated rings. The molecule has 0 atom stereocenters. The highest BCUT2D eigenvalue weighted by molar-refractivity contribution is 5.81. The highest BCUT2D eigenvalue weighted by Gasteiger charge is 2.18. The molecule has 3 rings (SSSR count). The number of nitrogens with zero attached hydrogens (tertiary/aromatic N) is 2. The number of unbranched alkanes of at least 4 members (excludes halogenated alkanes) is 1. The third-order valence-corrected chi connectivity index (χ3v) is 4.87. The lowest BCUT2D eigenvalue weighted by atomic mass is 10.0. The molecule has 0 amide bonds. The van der Waals surface area contributed by atoms with E-state index in [2.05, 4.69) is 11.5 Å². The number of hydrogen-bond acceptors (Lipinski definition) is 5. The minimum Gasteiger partial charge on any atom is -0.497 e. The fourth-order valence-corrected chi connectivity index (χ4v) is 3.32. The summed E-state index contributed by atoms with van der Waals surface area (Å²) in [6.07, 6.45) is 4.06. The number of hydrogen-bond donors (Lipinski definition) is 0. The maximum Gasteiger partial charge on any atom is 0.161 e. The van der Waals surface area contributed by atoms with Gasteiger partial charge in [0.15, 0.2) is 11.5 Å². The Morgan fingerprint density at radius 3 is 2.07 bits per heavy atom. The van der Waals surface area contributed by atoms with Gasteiger partial charge >= 0.3 is 0 Å². The van der Waals surface area contributed by atoms with E-state index in [0.29, 0.717) is 11.5 Å². The van der Waals surface area contributed by atoms with Gasteiger partial charge < -0.3 is 23.5 Å². The van der Waals surface area contributed by atoms with E-state index in [1.807, 2.05) is 42.7 Å². The number of rotatable bonds is 9. The van der Waals surface area contributed by atoms with E-state index < -0.39 is 0 Å². The van der Waals surface area contributed by atoms with Crippen LogP contribution < -0.4 is 18.9 Å². The van der Waals surface area contributed by atoms with Gasteiger partial charge in [-0.25, -0.2) is 4.98 Å². The maximum absolute atomic E-state index is 5.52. The van der Waals surface area contributed by atoms with Crippen molar-refractivity contribution < 1.29 is 18.9 Å². The highest BCUT2D eigenvalue weighted by atomic mass is 16.5. The van der Waals surface area contributed by atoms with Gasteiger partial charge in [0.25, 0.3) is 0 Å². The Kier molecular flexibility index (Phi) is 6.65. The largest absolute Gasteiger partial charge is 0.497 e. The van der Waals surface area contributed by atoms with Gasteiger partial charge in [0.05, 0.1) is 46.2 Å². The van der Waals surface area contributed by atoms with E-state index in [9.17, 15) is 0 Å². The average molecular weight is 396 g/mol. The second kappa shape index (κ2) is 9.37. The summed E-state index contributed by atoms with van der Waals surface area (Å²) < 4.78 is 24.0. The molecule has 0 radical (unpaired) electrons. The van der Waals surface area contributed by atoms with Crippen molar-refractivity contribution in [1.29, 1.82) is 0 Å². The molecule has 29 heavy (non-hydrogen) atoms. The first kappa shape index (κ1) is 20.6. The Morgan fingerprint density at radius 2 is 1.48 bits per heavy atom. The van der Waals surface area contributed by atoms with Gasteiger partial charge in [-0.2, -0.15) is 0 Å². The van der Waals surface area contributed by atoms with Crippen molar-refractivity contribution in [2.75, 3.05) is 28.4 Å². The Morgan fingerprint density at radius 1 is 0.793 bits per heavy atom. The van der Waals surface area contributed by atoms with Crippen molar-refractivity contribution in [3.8, 4) is 45.5 Å². The molecule has 1 heterocycles. The summed E-state index contributed by atoms with van der Waals surface area (Å²) in [5.74, 6) is 2.82. The zero-order valence-corrected chi connectivity index (χ0v) is 17.7. The molecule has 6 heteroatoms. The van der Waals surface area contributed by atoms with Crippen LogP contribution in [0, 0.1) is 0 Å². The number of methoxy groups -OCH3 is 4. The second-order valence-corrected chi connectivity index (χ2v) is 6.66.